The zero-order valence-corrected chi connectivity index (χ0v) is 11.4. The van der Waals surface area contributed by atoms with E-state index in [1.165, 1.54) is 17.7 Å². The number of amidine groups is 1. The van der Waals surface area contributed by atoms with Gasteiger partial charge in [0.05, 0.1) is 0 Å². The van der Waals surface area contributed by atoms with Crippen molar-refractivity contribution in [2.75, 3.05) is 25.6 Å². The van der Waals surface area contributed by atoms with E-state index in [1.54, 1.807) is 0 Å². The Morgan fingerprint density at radius 2 is 2.24 bits per heavy atom. The molecule has 1 aromatic rings. The van der Waals surface area contributed by atoms with Crippen LogP contribution < -0.4 is 5.73 Å². The molecule has 0 aliphatic rings. The molecule has 0 radical (unpaired) electrons. The van der Waals surface area contributed by atoms with Crippen molar-refractivity contribution in [2.45, 2.75) is 13.0 Å². The van der Waals surface area contributed by atoms with Crippen LogP contribution in [0.15, 0.2) is 24.3 Å². The molecule has 0 atom stereocenters. The first kappa shape index (κ1) is 14.1. The van der Waals surface area contributed by atoms with E-state index in [2.05, 4.69) is 24.3 Å². The number of hydrogen-bond donors (Lipinski definition) is 2. The molecular formula is C13H21N3S. The van der Waals surface area contributed by atoms with Gasteiger partial charge in [0.15, 0.2) is 0 Å². The van der Waals surface area contributed by atoms with E-state index in [-0.39, 0.29) is 5.84 Å². The average molecular weight is 251 g/mol. The van der Waals surface area contributed by atoms with Crippen molar-refractivity contribution in [3.05, 3.63) is 35.4 Å². The first-order valence-electron chi connectivity index (χ1n) is 5.74. The average Bonchev–Trinajstić information content (AvgIpc) is 2.29. The van der Waals surface area contributed by atoms with E-state index in [0.29, 0.717) is 0 Å². The Morgan fingerprint density at radius 1 is 1.47 bits per heavy atom. The van der Waals surface area contributed by atoms with Crippen molar-refractivity contribution >= 4 is 17.6 Å². The summed E-state index contributed by atoms with van der Waals surface area (Å²) in [6, 6.07) is 7.91. The normalized spacial score (nSPS) is 10.8. The maximum atomic E-state index is 7.41. The smallest absolute Gasteiger partial charge is 0.122 e. The van der Waals surface area contributed by atoms with Crippen molar-refractivity contribution in [3.8, 4) is 0 Å². The Labute approximate surface area is 108 Å². The highest BCUT2D eigenvalue weighted by molar-refractivity contribution is 7.98. The highest BCUT2D eigenvalue weighted by Gasteiger charge is 2.02. The third kappa shape index (κ3) is 5.24. The summed E-state index contributed by atoms with van der Waals surface area (Å²) in [4.78, 5) is 2.30. The molecule has 0 fully saturated rings. The SMILES string of the molecule is CSCCCN(C)Cc1cccc(C(=N)N)c1. The van der Waals surface area contributed by atoms with Crippen molar-refractivity contribution in [1.82, 2.24) is 4.90 Å². The molecular weight excluding hydrogens is 230 g/mol. The zero-order valence-electron chi connectivity index (χ0n) is 10.6. The Morgan fingerprint density at radius 3 is 2.88 bits per heavy atom. The zero-order chi connectivity index (χ0) is 12.7. The first-order chi connectivity index (χ1) is 8.13. The molecule has 0 aliphatic heterocycles. The number of nitrogens with zero attached hydrogens (tertiary/aromatic N) is 1. The van der Waals surface area contributed by atoms with Gasteiger partial charge in [-0.2, -0.15) is 11.8 Å². The second-order valence-electron chi connectivity index (χ2n) is 4.20. The summed E-state index contributed by atoms with van der Waals surface area (Å²) >= 11 is 1.88. The van der Waals surface area contributed by atoms with E-state index < -0.39 is 0 Å². The van der Waals surface area contributed by atoms with Gasteiger partial charge in [0.25, 0.3) is 0 Å². The fraction of sp³-hybridized carbons (Fsp3) is 0.462. The topological polar surface area (TPSA) is 53.1 Å². The van der Waals surface area contributed by atoms with Gasteiger partial charge in [0, 0.05) is 12.1 Å². The van der Waals surface area contributed by atoms with Crippen LogP contribution in [0.4, 0.5) is 0 Å². The Bertz CT molecular complexity index is 365. The fourth-order valence-electron chi connectivity index (χ4n) is 1.71. The van der Waals surface area contributed by atoms with Gasteiger partial charge in [0.1, 0.15) is 5.84 Å². The van der Waals surface area contributed by atoms with Gasteiger partial charge in [-0.3, -0.25) is 5.41 Å². The lowest BCUT2D eigenvalue weighted by atomic mass is 10.1. The Hall–Kier alpha value is -1.00. The summed E-state index contributed by atoms with van der Waals surface area (Å²) < 4.78 is 0. The third-order valence-electron chi connectivity index (χ3n) is 2.58. The molecule has 0 bridgehead atoms. The summed E-state index contributed by atoms with van der Waals surface area (Å²) in [6.07, 6.45) is 3.35. The Balaban J connectivity index is 2.50. The molecule has 1 rings (SSSR count). The highest BCUT2D eigenvalue weighted by Crippen LogP contribution is 2.08. The molecule has 94 valence electrons. The molecule has 3 nitrogen and oxygen atoms in total. The molecule has 0 aromatic heterocycles. The highest BCUT2D eigenvalue weighted by atomic mass is 32.2. The van der Waals surface area contributed by atoms with Crippen molar-refractivity contribution in [3.63, 3.8) is 0 Å². The second-order valence-corrected chi connectivity index (χ2v) is 5.18. The minimum Gasteiger partial charge on any atom is -0.384 e. The van der Waals surface area contributed by atoms with Crippen LogP contribution in [0.1, 0.15) is 17.5 Å². The van der Waals surface area contributed by atoms with Gasteiger partial charge in [-0.1, -0.05) is 18.2 Å². The minimum atomic E-state index is 0.136. The number of nitrogens with two attached hydrogens (primary N) is 1. The predicted octanol–water partition coefficient (Wildman–Crippen LogP) is 2.16. The Kier molecular flexibility index (Phi) is 6.08. The third-order valence-corrected chi connectivity index (χ3v) is 3.28. The minimum absolute atomic E-state index is 0.136. The standard InChI is InChI=1S/C13H21N3S/c1-16(7-4-8-17-2)10-11-5-3-6-12(9-11)13(14)15/h3,5-6,9H,4,7-8,10H2,1-2H3,(H3,14,15). The molecule has 17 heavy (non-hydrogen) atoms. The van der Waals surface area contributed by atoms with Gasteiger partial charge in [-0.05, 0) is 43.7 Å². The van der Waals surface area contributed by atoms with Crippen LogP contribution in [-0.4, -0.2) is 36.3 Å². The lowest BCUT2D eigenvalue weighted by Crippen LogP contribution is -2.20. The molecule has 4 heteroatoms. The van der Waals surface area contributed by atoms with Crippen LogP contribution in [0.3, 0.4) is 0 Å². The quantitative estimate of drug-likeness (QED) is 0.443. The maximum Gasteiger partial charge on any atom is 0.122 e. The van der Waals surface area contributed by atoms with Crippen LogP contribution in [0.5, 0.6) is 0 Å². The van der Waals surface area contributed by atoms with E-state index in [4.69, 9.17) is 11.1 Å². The molecule has 0 heterocycles. The lowest BCUT2D eigenvalue weighted by Gasteiger charge is -2.16. The van der Waals surface area contributed by atoms with Gasteiger partial charge in [0.2, 0.25) is 0 Å². The van der Waals surface area contributed by atoms with Crippen LogP contribution in [-0.2, 0) is 6.54 Å². The van der Waals surface area contributed by atoms with Crippen LogP contribution in [0.25, 0.3) is 0 Å². The summed E-state index contributed by atoms with van der Waals surface area (Å²) in [5.74, 6) is 1.34. The summed E-state index contributed by atoms with van der Waals surface area (Å²) in [5, 5.41) is 7.41. The number of rotatable bonds is 7. The maximum absolute atomic E-state index is 7.41. The van der Waals surface area contributed by atoms with Gasteiger partial charge >= 0.3 is 0 Å². The van der Waals surface area contributed by atoms with Gasteiger partial charge in [-0.15, -0.1) is 0 Å². The molecule has 0 spiro atoms. The number of nitrogens with one attached hydrogen (secondary N) is 1. The molecule has 0 unspecified atom stereocenters. The summed E-state index contributed by atoms with van der Waals surface area (Å²) in [5.41, 5.74) is 7.50. The monoisotopic (exact) mass is 251 g/mol. The van der Waals surface area contributed by atoms with E-state index in [1.807, 2.05) is 30.0 Å². The molecule has 0 saturated heterocycles. The van der Waals surface area contributed by atoms with E-state index in [9.17, 15) is 0 Å². The summed E-state index contributed by atoms with van der Waals surface area (Å²) in [6.45, 7) is 2.01. The molecule has 0 saturated carbocycles. The van der Waals surface area contributed by atoms with Crippen LogP contribution >= 0.6 is 11.8 Å². The fourth-order valence-corrected chi connectivity index (χ4v) is 2.12. The molecule has 0 aliphatic carbocycles. The molecule has 0 amide bonds. The van der Waals surface area contributed by atoms with E-state index >= 15 is 0 Å². The number of nitrogen functional groups attached to an aromatic ring is 1. The number of thioether (sulfide) groups is 1. The molecule has 1 aromatic carbocycles. The van der Waals surface area contributed by atoms with Crippen molar-refractivity contribution < 1.29 is 0 Å². The molecule has 3 N–H and O–H groups in total. The van der Waals surface area contributed by atoms with Crippen LogP contribution in [0.2, 0.25) is 0 Å². The number of hydrogen-bond acceptors (Lipinski definition) is 3. The van der Waals surface area contributed by atoms with Crippen LogP contribution in [0, 0.1) is 5.41 Å². The van der Waals surface area contributed by atoms with Crippen molar-refractivity contribution in [1.29, 1.82) is 5.41 Å². The van der Waals surface area contributed by atoms with Gasteiger partial charge < -0.3 is 10.6 Å². The lowest BCUT2D eigenvalue weighted by molar-refractivity contribution is 0.328. The largest absolute Gasteiger partial charge is 0.384 e. The van der Waals surface area contributed by atoms with Gasteiger partial charge in [-0.25, -0.2) is 0 Å². The number of benzene rings is 1. The first-order valence-corrected chi connectivity index (χ1v) is 7.13. The predicted molar refractivity (Wildman–Crippen MR) is 76.8 cm³/mol. The summed E-state index contributed by atoms with van der Waals surface area (Å²) in [7, 11) is 2.13. The van der Waals surface area contributed by atoms with E-state index in [0.717, 1.165) is 18.7 Å². The van der Waals surface area contributed by atoms with Crippen molar-refractivity contribution in [2.24, 2.45) is 5.73 Å². The second kappa shape index (κ2) is 7.35.